The molecule has 0 saturated carbocycles. The number of aromatic nitrogens is 3. The van der Waals surface area contributed by atoms with Crippen molar-refractivity contribution in [2.45, 2.75) is 26.4 Å². The summed E-state index contributed by atoms with van der Waals surface area (Å²) >= 11 is 5.45. The summed E-state index contributed by atoms with van der Waals surface area (Å²) in [6.07, 6.45) is -9.59. The van der Waals surface area contributed by atoms with Crippen molar-refractivity contribution >= 4 is 23.2 Å². The molecule has 0 unspecified atom stereocenters. The molecule has 0 fully saturated rings. The molecular formula is C28H18ClF6N3O4S. The van der Waals surface area contributed by atoms with Crippen molar-refractivity contribution in [3.05, 3.63) is 95.1 Å². The van der Waals surface area contributed by atoms with E-state index in [2.05, 4.69) is 14.8 Å². The van der Waals surface area contributed by atoms with Crippen LogP contribution >= 0.6 is 11.6 Å². The van der Waals surface area contributed by atoms with E-state index in [-0.39, 0.29) is 28.2 Å². The van der Waals surface area contributed by atoms with Crippen LogP contribution in [0.15, 0.2) is 77.2 Å². The number of alkyl halides is 6. The average molecular weight is 642 g/mol. The summed E-state index contributed by atoms with van der Waals surface area (Å²) in [7, 11) is 0. The van der Waals surface area contributed by atoms with Crippen molar-refractivity contribution in [1.82, 2.24) is 14.8 Å². The van der Waals surface area contributed by atoms with Gasteiger partial charge in [-0.25, -0.2) is 9.67 Å². The first-order chi connectivity index (χ1) is 20.2. The molecule has 0 amide bonds. The predicted molar refractivity (Wildman–Crippen MR) is 145 cm³/mol. The number of rotatable bonds is 5. The average Bonchev–Trinajstić information content (AvgIpc) is 3.51. The summed E-state index contributed by atoms with van der Waals surface area (Å²) in [5.74, 6) is -0.0511. The number of hydrogen-bond donors (Lipinski definition) is 0. The maximum absolute atomic E-state index is 13.4. The molecule has 0 atom stereocenters. The Bertz CT molecular complexity index is 1790. The molecule has 0 N–H and O–H groups in total. The Morgan fingerprint density at radius 2 is 1.49 bits per heavy atom. The molecule has 0 aliphatic rings. The fourth-order valence-electron chi connectivity index (χ4n) is 4.19. The van der Waals surface area contributed by atoms with Gasteiger partial charge in [-0.15, -0.1) is 13.2 Å². The topological polar surface area (TPSA) is 87.2 Å². The third kappa shape index (κ3) is 7.51. The molecule has 224 valence electrons. The highest BCUT2D eigenvalue weighted by Gasteiger charge is 2.35. The second kappa shape index (κ2) is 12.4. The lowest BCUT2D eigenvalue weighted by atomic mass is 9.97. The van der Waals surface area contributed by atoms with Gasteiger partial charge >= 0.3 is 24.1 Å². The summed E-state index contributed by atoms with van der Waals surface area (Å²) < 4.78 is 106. The van der Waals surface area contributed by atoms with E-state index < -0.39 is 35.6 Å². The molecule has 0 aliphatic carbocycles. The van der Waals surface area contributed by atoms with Gasteiger partial charge in [-0.3, -0.25) is 0 Å². The SMILES string of the molecule is Cc1cccc(-c2ccc(-n3nc(C(F)(F)F)cc3Cl)c(-c3oc(C)nc3-c3ccc(OC(F)(F)F)cc3)c2)c1.O=S=O. The van der Waals surface area contributed by atoms with Crippen molar-refractivity contribution < 1.29 is 43.9 Å². The van der Waals surface area contributed by atoms with Gasteiger partial charge in [-0.05, 0) is 54.4 Å². The first-order valence-corrected chi connectivity index (χ1v) is 13.0. The van der Waals surface area contributed by atoms with E-state index in [0.29, 0.717) is 17.2 Å². The van der Waals surface area contributed by atoms with Crippen molar-refractivity contribution in [2.75, 3.05) is 0 Å². The number of halogens is 7. The number of aryl methyl sites for hydroxylation is 2. The fraction of sp³-hybridized carbons (Fsp3) is 0.143. The molecule has 0 aliphatic heterocycles. The van der Waals surface area contributed by atoms with Crippen LogP contribution in [-0.2, 0) is 17.7 Å². The highest BCUT2D eigenvalue weighted by molar-refractivity contribution is 7.51. The molecule has 2 aromatic heterocycles. The predicted octanol–water partition coefficient (Wildman–Crippen LogP) is 8.38. The van der Waals surface area contributed by atoms with Crippen LogP contribution in [0, 0.1) is 13.8 Å². The number of ether oxygens (including phenoxy) is 1. The van der Waals surface area contributed by atoms with Crippen LogP contribution < -0.4 is 4.74 Å². The first-order valence-electron chi connectivity index (χ1n) is 12.0. The van der Waals surface area contributed by atoms with Gasteiger partial charge in [-0.1, -0.05) is 47.5 Å². The molecule has 15 heteroatoms. The summed E-state index contributed by atoms with van der Waals surface area (Å²) in [4.78, 5) is 4.41. The van der Waals surface area contributed by atoms with E-state index in [1.165, 1.54) is 12.1 Å². The number of oxazole rings is 1. The van der Waals surface area contributed by atoms with E-state index in [4.69, 9.17) is 24.4 Å². The van der Waals surface area contributed by atoms with Gasteiger partial charge in [0.25, 0.3) is 0 Å². The molecule has 0 bridgehead atoms. The van der Waals surface area contributed by atoms with Crippen molar-refractivity contribution in [3.63, 3.8) is 0 Å². The zero-order valence-electron chi connectivity index (χ0n) is 22.0. The lowest BCUT2D eigenvalue weighted by molar-refractivity contribution is -0.274. The van der Waals surface area contributed by atoms with Gasteiger partial charge in [-0.2, -0.15) is 26.7 Å². The standard InChI is InChI=1S/C28H18ClF6N3O2.O2S/c1-15-4-3-5-18(12-15)19-8-11-22(38-24(29)14-23(37-38)27(30,31)32)21(13-19)26-25(36-16(2)39-26)17-6-9-20(10-7-17)40-28(33,34)35;1-3-2/h3-14H,1-2H3;. The number of nitrogens with zero attached hydrogens (tertiary/aromatic N) is 3. The van der Waals surface area contributed by atoms with E-state index in [1.807, 2.05) is 31.2 Å². The monoisotopic (exact) mass is 641 g/mol. The van der Waals surface area contributed by atoms with Crippen LogP contribution in [0.1, 0.15) is 17.1 Å². The van der Waals surface area contributed by atoms with Crippen molar-refractivity contribution in [1.29, 1.82) is 0 Å². The van der Waals surface area contributed by atoms with Crippen LogP contribution in [-0.4, -0.2) is 29.5 Å². The van der Waals surface area contributed by atoms with Gasteiger partial charge in [0.1, 0.15) is 16.6 Å². The minimum absolute atomic E-state index is 0.159. The van der Waals surface area contributed by atoms with Gasteiger partial charge in [0, 0.05) is 24.1 Å². The minimum atomic E-state index is -4.86. The van der Waals surface area contributed by atoms with E-state index in [0.717, 1.165) is 33.5 Å². The molecule has 0 radical (unpaired) electrons. The molecule has 3 aromatic carbocycles. The van der Waals surface area contributed by atoms with E-state index >= 15 is 0 Å². The minimum Gasteiger partial charge on any atom is -0.440 e. The molecule has 0 spiro atoms. The lowest BCUT2D eigenvalue weighted by Gasteiger charge is -2.13. The lowest BCUT2D eigenvalue weighted by Crippen LogP contribution is -2.16. The van der Waals surface area contributed by atoms with Crippen LogP contribution in [0.25, 0.3) is 39.4 Å². The van der Waals surface area contributed by atoms with Gasteiger partial charge in [0.05, 0.1) is 5.69 Å². The summed E-state index contributed by atoms with van der Waals surface area (Å²) in [6.45, 7) is 3.49. The largest absolute Gasteiger partial charge is 0.573 e. The summed E-state index contributed by atoms with van der Waals surface area (Å²) in [6, 6.07) is 18.3. The maximum Gasteiger partial charge on any atom is 0.573 e. The van der Waals surface area contributed by atoms with Gasteiger partial charge in [0.15, 0.2) is 17.3 Å². The second-order valence-corrected chi connectivity index (χ2v) is 9.44. The molecule has 7 nitrogen and oxygen atoms in total. The van der Waals surface area contributed by atoms with Gasteiger partial charge in [0.2, 0.25) is 0 Å². The molecule has 5 rings (SSSR count). The molecule has 0 saturated heterocycles. The maximum atomic E-state index is 13.4. The Labute approximate surface area is 248 Å². The molecule has 43 heavy (non-hydrogen) atoms. The highest BCUT2D eigenvalue weighted by Crippen LogP contribution is 2.40. The van der Waals surface area contributed by atoms with Crippen LogP contribution in [0.3, 0.4) is 0 Å². The Morgan fingerprint density at radius 1 is 0.860 bits per heavy atom. The molecule has 2 heterocycles. The Kier molecular flexibility index (Phi) is 9.11. The number of benzene rings is 3. The van der Waals surface area contributed by atoms with Gasteiger partial charge < -0.3 is 9.15 Å². The third-order valence-electron chi connectivity index (χ3n) is 5.87. The highest BCUT2D eigenvalue weighted by atomic mass is 35.5. The van der Waals surface area contributed by atoms with Crippen LogP contribution in [0.5, 0.6) is 5.75 Å². The van der Waals surface area contributed by atoms with E-state index in [9.17, 15) is 26.3 Å². The van der Waals surface area contributed by atoms with Crippen molar-refractivity contribution in [2.24, 2.45) is 0 Å². The molecule has 5 aromatic rings. The summed E-state index contributed by atoms with van der Waals surface area (Å²) in [5, 5.41) is 3.39. The van der Waals surface area contributed by atoms with Crippen molar-refractivity contribution in [3.8, 4) is 45.1 Å². The fourth-order valence-corrected chi connectivity index (χ4v) is 4.42. The zero-order valence-corrected chi connectivity index (χ0v) is 23.5. The van der Waals surface area contributed by atoms with E-state index in [1.54, 1.807) is 25.1 Å². The number of hydrogen-bond acceptors (Lipinski definition) is 6. The third-order valence-corrected chi connectivity index (χ3v) is 6.14. The smallest absolute Gasteiger partial charge is 0.440 e. The summed E-state index contributed by atoms with van der Waals surface area (Å²) in [5.41, 5.74) is 2.48. The Morgan fingerprint density at radius 3 is 2.07 bits per heavy atom. The quantitative estimate of drug-likeness (QED) is 0.179. The van der Waals surface area contributed by atoms with Crippen LogP contribution in [0.4, 0.5) is 26.3 Å². The zero-order chi connectivity index (χ0) is 31.5. The normalized spacial score (nSPS) is 11.6. The Hall–Kier alpha value is -4.43. The first kappa shape index (κ1) is 31.5. The van der Waals surface area contributed by atoms with Crippen LogP contribution in [0.2, 0.25) is 5.15 Å². The Balaban J connectivity index is 0.00000135. The molecular weight excluding hydrogens is 624 g/mol. The second-order valence-electron chi connectivity index (χ2n) is 8.91.